The summed E-state index contributed by atoms with van der Waals surface area (Å²) in [5.74, 6) is 0.151. The number of benzene rings is 1. The highest BCUT2D eigenvalue weighted by molar-refractivity contribution is 8.05. The number of carbonyl (C=O) groups is 1. The van der Waals surface area contributed by atoms with Gasteiger partial charge >= 0.3 is 0 Å². The van der Waals surface area contributed by atoms with Gasteiger partial charge in [0.2, 0.25) is 0 Å². The summed E-state index contributed by atoms with van der Waals surface area (Å²) in [6, 6.07) is 9.81. The first kappa shape index (κ1) is 17.6. The third-order valence-electron chi connectivity index (χ3n) is 4.14. The van der Waals surface area contributed by atoms with Crippen molar-refractivity contribution in [2.75, 3.05) is 0 Å². The number of halogens is 1. The fraction of sp³-hybridized carbons (Fsp3) is 0.316. The number of hydrogen-bond acceptors (Lipinski definition) is 4. The molecule has 0 aliphatic carbocycles. The van der Waals surface area contributed by atoms with Crippen LogP contribution in [-0.4, -0.2) is 11.0 Å². The van der Waals surface area contributed by atoms with E-state index in [1.165, 1.54) is 17.3 Å². The van der Waals surface area contributed by atoms with E-state index in [4.69, 9.17) is 17.3 Å². The summed E-state index contributed by atoms with van der Waals surface area (Å²) in [5, 5.41) is 3.26. The van der Waals surface area contributed by atoms with E-state index in [0.29, 0.717) is 16.5 Å². The van der Waals surface area contributed by atoms with E-state index in [1.807, 2.05) is 24.3 Å². The van der Waals surface area contributed by atoms with E-state index < -0.39 is 0 Å². The average molecular weight is 378 g/mol. The molecular weight excluding hydrogens is 358 g/mol. The molecule has 2 aromatic rings. The molecule has 1 aliphatic rings. The minimum absolute atomic E-state index is 0.151. The van der Waals surface area contributed by atoms with Crippen molar-refractivity contribution >= 4 is 46.1 Å². The zero-order valence-corrected chi connectivity index (χ0v) is 15.9. The molecule has 0 saturated carbocycles. The maximum absolute atomic E-state index is 12.9. The lowest BCUT2D eigenvalue weighted by molar-refractivity contribution is -0.113. The summed E-state index contributed by atoms with van der Waals surface area (Å²) in [6.07, 6.45) is 3.93. The number of aryl methyl sites for hydroxylation is 1. The van der Waals surface area contributed by atoms with Crippen molar-refractivity contribution in [3.63, 3.8) is 0 Å². The minimum Gasteiger partial charge on any atom is -0.393 e. The van der Waals surface area contributed by atoms with Crippen LogP contribution in [-0.2, 0) is 17.6 Å². The van der Waals surface area contributed by atoms with Crippen molar-refractivity contribution in [1.29, 1.82) is 0 Å². The highest BCUT2D eigenvalue weighted by atomic mass is 35.5. The van der Waals surface area contributed by atoms with E-state index in [9.17, 15) is 4.79 Å². The molecule has 24 heavy (non-hydrogen) atoms. The smallest absolute Gasteiger partial charge is 0.180 e. The van der Waals surface area contributed by atoms with Crippen LogP contribution in [0.4, 0.5) is 0 Å². The van der Waals surface area contributed by atoms with Crippen LogP contribution in [0.2, 0.25) is 5.02 Å². The summed E-state index contributed by atoms with van der Waals surface area (Å²) in [5.41, 5.74) is 9.28. The molecule has 1 aromatic heterocycles. The van der Waals surface area contributed by atoms with Crippen molar-refractivity contribution in [1.82, 2.24) is 0 Å². The monoisotopic (exact) mass is 377 g/mol. The van der Waals surface area contributed by atoms with Crippen LogP contribution in [0.15, 0.2) is 40.7 Å². The lowest BCUT2D eigenvalue weighted by Gasteiger charge is -2.09. The zero-order valence-electron chi connectivity index (χ0n) is 13.5. The van der Waals surface area contributed by atoms with Gasteiger partial charge in [0, 0.05) is 9.90 Å². The summed E-state index contributed by atoms with van der Waals surface area (Å²) in [4.78, 5) is 14.0. The number of rotatable bonds is 6. The van der Waals surface area contributed by atoms with Crippen LogP contribution >= 0.6 is 34.7 Å². The molecular formula is C19H20ClNOS2. The predicted molar refractivity (Wildman–Crippen MR) is 106 cm³/mol. The number of unbranched alkanes of at least 4 members (excludes halogenated alkanes) is 1. The second kappa shape index (κ2) is 7.77. The van der Waals surface area contributed by atoms with Gasteiger partial charge in [0.05, 0.1) is 15.9 Å². The molecule has 1 atom stereocenters. The molecule has 5 heteroatoms. The van der Waals surface area contributed by atoms with E-state index in [-0.39, 0.29) is 11.0 Å². The molecule has 0 saturated heterocycles. The molecule has 126 valence electrons. The van der Waals surface area contributed by atoms with E-state index in [1.54, 1.807) is 11.3 Å². The topological polar surface area (TPSA) is 43.1 Å². The maximum atomic E-state index is 12.9. The number of allylic oxidation sites excluding steroid dienone is 1. The Morgan fingerprint density at radius 1 is 1.29 bits per heavy atom. The Balaban J connectivity index is 1.80. The molecule has 2 heterocycles. The largest absolute Gasteiger partial charge is 0.393 e. The number of nitrogens with two attached hydrogens (primary N) is 1. The highest BCUT2D eigenvalue weighted by Crippen LogP contribution is 2.42. The highest BCUT2D eigenvalue weighted by Gasteiger charge is 2.35. The second-order valence-corrected chi connectivity index (χ2v) is 8.52. The molecule has 1 aliphatic heterocycles. The first-order chi connectivity index (χ1) is 11.6. The van der Waals surface area contributed by atoms with Gasteiger partial charge in [-0.05, 0) is 54.0 Å². The van der Waals surface area contributed by atoms with E-state index in [0.717, 1.165) is 35.3 Å². The second-order valence-electron chi connectivity index (χ2n) is 5.92. The molecule has 0 bridgehead atoms. The van der Waals surface area contributed by atoms with Crippen LogP contribution in [0.3, 0.4) is 0 Å². The van der Waals surface area contributed by atoms with Gasteiger partial charge in [0.25, 0.3) is 0 Å². The Morgan fingerprint density at radius 3 is 2.88 bits per heavy atom. The third-order valence-corrected chi connectivity index (χ3v) is 6.47. The molecule has 3 rings (SSSR count). The van der Waals surface area contributed by atoms with Gasteiger partial charge in [-0.2, -0.15) is 0 Å². The normalized spacial score (nSPS) is 17.8. The number of ketones is 1. The standard InChI is InChI=1S/C19H20ClNOS2/c1-2-3-6-13-8-9-23-18(13)16-17(22)15(24-19(16)21)11-12-5-4-7-14(20)10-12/h4-5,7-10,15H,2-3,6,11,21H2,1H3. The average Bonchev–Trinajstić information content (AvgIpc) is 3.10. The van der Waals surface area contributed by atoms with Gasteiger partial charge in [0.1, 0.15) is 0 Å². The van der Waals surface area contributed by atoms with Crippen LogP contribution < -0.4 is 5.73 Å². The third kappa shape index (κ3) is 3.71. The number of Topliss-reactive ketones (excluding diaryl/α,β-unsaturated/α-hetero) is 1. The maximum Gasteiger partial charge on any atom is 0.180 e. The Kier molecular flexibility index (Phi) is 5.69. The van der Waals surface area contributed by atoms with Crippen molar-refractivity contribution in [2.24, 2.45) is 5.73 Å². The molecule has 0 spiro atoms. The van der Waals surface area contributed by atoms with Gasteiger partial charge in [-0.1, -0.05) is 48.8 Å². The fourth-order valence-corrected chi connectivity index (χ4v) is 5.33. The Bertz CT molecular complexity index is 781. The van der Waals surface area contributed by atoms with Crippen LogP contribution in [0.1, 0.15) is 35.8 Å². The van der Waals surface area contributed by atoms with Gasteiger partial charge < -0.3 is 5.73 Å². The molecule has 2 nitrogen and oxygen atoms in total. The predicted octanol–water partition coefficient (Wildman–Crippen LogP) is 5.30. The minimum atomic E-state index is -0.153. The van der Waals surface area contributed by atoms with E-state index in [2.05, 4.69) is 18.4 Å². The first-order valence-corrected chi connectivity index (χ1v) is 10.3. The molecule has 0 radical (unpaired) electrons. The molecule has 2 N–H and O–H groups in total. The number of thioether (sulfide) groups is 1. The SMILES string of the molecule is CCCCc1ccsc1C1=C(N)SC(Cc2cccc(Cl)c2)C1=O. The zero-order chi connectivity index (χ0) is 17.1. The summed E-state index contributed by atoms with van der Waals surface area (Å²) >= 11 is 9.16. The lowest BCUT2D eigenvalue weighted by atomic mass is 9.99. The van der Waals surface area contributed by atoms with Crippen LogP contribution in [0, 0.1) is 0 Å². The molecule has 1 aromatic carbocycles. The van der Waals surface area contributed by atoms with Crippen LogP contribution in [0.25, 0.3) is 5.57 Å². The van der Waals surface area contributed by atoms with Gasteiger partial charge in [-0.3, -0.25) is 4.79 Å². The molecule has 0 fully saturated rings. The van der Waals surface area contributed by atoms with Gasteiger partial charge in [-0.15, -0.1) is 11.3 Å². The first-order valence-electron chi connectivity index (χ1n) is 8.12. The summed E-state index contributed by atoms with van der Waals surface area (Å²) in [6.45, 7) is 2.18. The lowest BCUT2D eigenvalue weighted by Crippen LogP contribution is -2.16. The number of hydrogen-bond donors (Lipinski definition) is 1. The summed E-state index contributed by atoms with van der Waals surface area (Å²) in [7, 11) is 0. The fourth-order valence-electron chi connectivity index (χ4n) is 2.90. The van der Waals surface area contributed by atoms with Crippen molar-refractivity contribution in [3.8, 4) is 0 Å². The Hall–Kier alpha value is -1.23. The number of thiophene rings is 1. The van der Waals surface area contributed by atoms with Crippen LogP contribution in [0.5, 0.6) is 0 Å². The summed E-state index contributed by atoms with van der Waals surface area (Å²) < 4.78 is 0. The van der Waals surface area contributed by atoms with Gasteiger partial charge in [-0.25, -0.2) is 0 Å². The van der Waals surface area contributed by atoms with Crippen molar-refractivity contribution < 1.29 is 4.79 Å². The van der Waals surface area contributed by atoms with Crippen molar-refractivity contribution in [3.05, 3.63) is 61.8 Å². The number of carbonyl (C=O) groups excluding carboxylic acids is 1. The molecule has 1 unspecified atom stereocenters. The van der Waals surface area contributed by atoms with E-state index >= 15 is 0 Å². The van der Waals surface area contributed by atoms with Crippen molar-refractivity contribution in [2.45, 2.75) is 37.9 Å². The Labute approximate surface area is 156 Å². The Morgan fingerprint density at radius 2 is 2.12 bits per heavy atom. The van der Waals surface area contributed by atoms with Gasteiger partial charge in [0.15, 0.2) is 5.78 Å². The quantitative estimate of drug-likeness (QED) is 0.742. The molecule has 0 amide bonds.